The van der Waals surface area contributed by atoms with Crippen LogP contribution in [0.15, 0.2) is 24.3 Å². The molecule has 0 rings (SSSR count). The zero-order chi connectivity index (χ0) is 36.8. The first-order chi connectivity index (χ1) is 24.3. The predicted octanol–water partition coefficient (Wildman–Crippen LogP) is 12.4. The van der Waals surface area contributed by atoms with Crippen molar-refractivity contribution >= 4 is 19.8 Å². The van der Waals surface area contributed by atoms with Crippen LogP contribution >= 0.6 is 7.82 Å². The molecule has 9 heteroatoms. The monoisotopic (exact) mass is 729 g/mol. The van der Waals surface area contributed by atoms with Crippen molar-refractivity contribution in [3.63, 3.8) is 0 Å². The molecule has 0 heterocycles. The number of ether oxygens (including phenoxy) is 2. The number of allylic oxidation sites excluding steroid dienone is 4. The molecule has 1 atom stereocenters. The molecule has 0 aromatic rings. The second-order valence-electron chi connectivity index (χ2n) is 14.0. The molecule has 0 amide bonds. The highest BCUT2D eigenvalue weighted by Crippen LogP contribution is 2.36. The van der Waals surface area contributed by atoms with Gasteiger partial charge in [0.25, 0.3) is 0 Å². The molecular weight excluding hydrogens is 651 g/mol. The maximum atomic E-state index is 12.4. The van der Waals surface area contributed by atoms with Crippen molar-refractivity contribution in [3.8, 4) is 0 Å². The average molecular weight is 729 g/mol. The molecule has 0 radical (unpaired) electrons. The fraction of sp³-hybridized carbons (Fsp3) is 0.854. The van der Waals surface area contributed by atoms with Gasteiger partial charge in [-0.25, -0.2) is 4.57 Å². The number of unbranched alkanes of at least 4 members (excludes halogenated alkanes) is 24. The van der Waals surface area contributed by atoms with E-state index in [4.69, 9.17) is 19.3 Å². The quantitative estimate of drug-likeness (QED) is 0.0279. The molecule has 0 aromatic carbocycles. The maximum Gasteiger partial charge on any atom is 0.469 e. The summed E-state index contributed by atoms with van der Waals surface area (Å²) in [6.07, 6.45) is 41.8. The van der Waals surface area contributed by atoms with Gasteiger partial charge < -0.3 is 19.3 Å². The van der Waals surface area contributed by atoms with Crippen LogP contribution in [0, 0.1) is 0 Å². The predicted molar refractivity (Wildman–Crippen MR) is 207 cm³/mol. The number of carbonyl (C=O) groups excluding carboxylic acids is 2. The van der Waals surface area contributed by atoms with E-state index in [0.29, 0.717) is 12.8 Å². The van der Waals surface area contributed by atoms with E-state index < -0.39 is 32.5 Å². The molecular formula is C41H77O8P. The van der Waals surface area contributed by atoms with Crippen LogP contribution in [0.5, 0.6) is 0 Å². The third-order valence-electron chi connectivity index (χ3n) is 8.94. The molecule has 0 aromatic heterocycles. The SMILES string of the molecule is CCCCCCCC/C=C/CCCCCCCCCC(=O)O[C@H](COC(=O)CCCCC/C=C/CCCCCCCCCC)COP(=O)(O)O. The van der Waals surface area contributed by atoms with Gasteiger partial charge in [-0.1, -0.05) is 154 Å². The summed E-state index contributed by atoms with van der Waals surface area (Å²) >= 11 is 0. The number of esters is 2. The van der Waals surface area contributed by atoms with Crippen molar-refractivity contribution in [2.24, 2.45) is 0 Å². The zero-order valence-electron chi connectivity index (χ0n) is 32.3. The molecule has 0 bridgehead atoms. The molecule has 0 unspecified atom stereocenters. The molecule has 2 N–H and O–H groups in total. The average Bonchev–Trinajstić information content (AvgIpc) is 3.08. The normalized spacial score (nSPS) is 12.6. The van der Waals surface area contributed by atoms with E-state index in [1.54, 1.807) is 0 Å². The highest BCUT2D eigenvalue weighted by atomic mass is 31.2. The third kappa shape index (κ3) is 39.3. The summed E-state index contributed by atoms with van der Waals surface area (Å²) in [4.78, 5) is 42.8. The van der Waals surface area contributed by atoms with Gasteiger partial charge in [-0.15, -0.1) is 0 Å². The van der Waals surface area contributed by atoms with Crippen LogP contribution in [-0.2, 0) is 28.2 Å². The van der Waals surface area contributed by atoms with Gasteiger partial charge in [0.05, 0.1) is 6.61 Å². The van der Waals surface area contributed by atoms with Gasteiger partial charge in [-0.3, -0.25) is 14.1 Å². The topological polar surface area (TPSA) is 119 Å². The largest absolute Gasteiger partial charge is 0.469 e. The lowest BCUT2D eigenvalue weighted by molar-refractivity contribution is -0.161. The van der Waals surface area contributed by atoms with Gasteiger partial charge in [0.1, 0.15) is 6.61 Å². The van der Waals surface area contributed by atoms with Crippen molar-refractivity contribution in [2.75, 3.05) is 13.2 Å². The van der Waals surface area contributed by atoms with Crippen LogP contribution in [0.2, 0.25) is 0 Å². The molecule has 0 aliphatic carbocycles. The Kier molecular flexibility index (Phi) is 36.2. The first-order valence-electron chi connectivity index (χ1n) is 20.6. The summed E-state index contributed by atoms with van der Waals surface area (Å²) in [5.41, 5.74) is 0. The van der Waals surface area contributed by atoms with Crippen molar-refractivity contribution in [1.29, 1.82) is 0 Å². The number of hydrogen-bond donors (Lipinski definition) is 2. The van der Waals surface area contributed by atoms with Gasteiger partial charge in [0, 0.05) is 12.8 Å². The second kappa shape index (κ2) is 37.3. The van der Waals surface area contributed by atoms with Crippen molar-refractivity contribution < 1.29 is 37.9 Å². The Bertz CT molecular complexity index is 869. The van der Waals surface area contributed by atoms with Crippen molar-refractivity contribution in [2.45, 2.75) is 213 Å². The van der Waals surface area contributed by atoms with Gasteiger partial charge in [0.2, 0.25) is 0 Å². The number of phosphoric ester groups is 1. The number of hydrogen-bond acceptors (Lipinski definition) is 6. The summed E-state index contributed by atoms with van der Waals surface area (Å²) in [6, 6.07) is 0. The van der Waals surface area contributed by atoms with E-state index in [9.17, 15) is 14.2 Å². The van der Waals surface area contributed by atoms with Crippen molar-refractivity contribution in [3.05, 3.63) is 24.3 Å². The van der Waals surface area contributed by atoms with Crippen LogP contribution < -0.4 is 0 Å². The first-order valence-corrected chi connectivity index (χ1v) is 22.2. The first kappa shape index (κ1) is 48.5. The highest BCUT2D eigenvalue weighted by Gasteiger charge is 2.22. The van der Waals surface area contributed by atoms with Crippen LogP contribution in [0.25, 0.3) is 0 Å². The van der Waals surface area contributed by atoms with Crippen LogP contribution in [0.1, 0.15) is 206 Å². The molecule has 50 heavy (non-hydrogen) atoms. The Morgan fingerprint density at radius 3 is 1.24 bits per heavy atom. The molecule has 8 nitrogen and oxygen atoms in total. The smallest absolute Gasteiger partial charge is 0.462 e. The fourth-order valence-electron chi connectivity index (χ4n) is 5.83. The lowest BCUT2D eigenvalue weighted by Gasteiger charge is -2.18. The summed E-state index contributed by atoms with van der Waals surface area (Å²) in [5, 5.41) is 0. The minimum atomic E-state index is -4.75. The molecule has 0 aliphatic rings. The summed E-state index contributed by atoms with van der Waals surface area (Å²) in [6.45, 7) is 3.67. The van der Waals surface area contributed by atoms with Crippen LogP contribution in [0.3, 0.4) is 0 Å². The molecule has 294 valence electrons. The summed E-state index contributed by atoms with van der Waals surface area (Å²) < 4.78 is 26.3. The van der Waals surface area contributed by atoms with E-state index in [1.807, 2.05) is 0 Å². The molecule has 0 saturated carbocycles. The Labute approximate surface area is 307 Å². The fourth-order valence-corrected chi connectivity index (χ4v) is 6.19. The van der Waals surface area contributed by atoms with E-state index >= 15 is 0 Å². The highest BCUT2D eigenvalue weighted by molar-refractivity contribution is 7.46. The van der Waals surface area contributed by atoms with Crippen molar-refractivity contribution in [1.82, 2.24) is 0 Å². The Balaban J connectivity index is 3.94. The minimum Gasteiger partial charge on any atom is -0.462 e. The Hall–Kier alpha value is -1.47. The Morgan fingerprint density at radius 2 is 0.840 bits per heavy atom. The van der Waals surface area contributed by atoms with E-state index in [-0.39, 0.29) is 19.4 Å². The molecule has 0 fully saturated rings. The summed E-state index contributed by atoms with van der Waals surface area (Å²) in [7, 11) is -4.75. The molecule has 0 saturated heterocycles. The van der Waals surface area contributed by atoms with Crippen LogP contribution in [0.4, 0.5) is 0 Å². The van der Waals surface area contributed by atoms with Gasteiger partial charge >= 0.3 is 19.8 Å². The lowest BCUT2D eigenvalue weighted by atomic mass is 10.1. The minimum absolute atomic E-state index is 0.206. The number of phosphoric acid groups is 1. The van der Waals surface area contributed by atoms with E-state index in [0.717, 1.165) is 51.4 Å². The lowest BCUT2D eigenvalue weighted by Crippen LogP contribution is -2.29. The third-order valence-corrected chi connectivity index (χ3v) is 9.43. The van der Waals surface area contributed by atoms with Crippen LogP contribution in [-0.4, -0.2) is 41.0 Å². The maximum absolute atomic E-state index is 12.4. The van der Waals surface area contributed by atoms with E-state index in [1.165, 1.54) is 116 Å². The molecule has 0 aliphatic heterocycles. The Morgan fingerprint density at radius 1 is 0.500 bits per heavy atom. The summed E-state index contributed by atoms with van der Waals surface area (Å²) in [5.74, 6) is -0.903. The standard InChI is InChI=1S/C41H77O8P/c1-3-5-7-9-11-13-15-17-19-20-22-24-26-28-30-32-34-36-41(43)49-39(38-48-50(44,45)46)37-47-40(42)35-33-31-29-27-25-23-21-18-16-14-12-10-8-6-4-2/h17,19,23,25,39H,3-16,18,20-22,24,26-38H2,1-2H3,(H2,44,45,46)/b19-17+,25-23+/t39-/m1/s1. The van der Waals surface area contributed by atoms with Gasteiger partial charge in [-0.05, 0) is 64.2 Å². The number of carbonyl (C=O) groups is 2. The van der Waals surface area contributed by atoms with Gasteiger partial charge in [0.15, 0.2) is 6.10 Å². The molecule has 0 spiro atoms. The van der Waals surface area contributed by atoms with Gasteiger partial charge in [-0.2, -0.15) is 0 Å². The second-order valence-corrected chi connectivity index (χ2v) is 15.2. The van der Waals surface area contributed by atoms with E-state index in [2.05, 4.69) is 42.7 Å². The number of rotatable bonds is 38. The zero-order valence-corrected chi connectivity index (χ0v) is 33.2.